The van der Waals surface area contributed by atoms with Gasteiger partial charge in [-0.05, 0) is 25.3 Å². The minimum atomic E-state index is 0.464. The van der Waals surface area contributed by atoms with Gasteiger partial charge in [0.1, 0.15) is 0 Å². The van der Waals surface area contributed by atoms with Gasteiger partial charge in [0.05, 0.1) is 6.17 Å². The van der Waals surface area contributed by atoms with Crippen LogP contribution in [0.15, 0.2) is 23.4 Å². The van der Waals surface area contributed by atoms with Gasteiger partial charge in [-0.15, -0.1) is 0 Å². The molecule has 0 bridgehead atoms. The minimum absolute atomic E-state index is 0.464. The van der Waals surface area contributed by atoms with Crippen LogP contribution in [0.4, 0.5) is 0 Å². The summed E-state index contributed by atoms with van der Waals surface area (Å²) in [5.74, 6) is 0.593. The average Bonchev–Trinajstić information content (AvgIpc) is 2.57. The monoisotopic (exact) mass is 206 g/mol. The summed E-state index contributed by atoms with van der Waals surface area (Å²) in [7, 11) is 0. The smallest absolute Gasteiger partial charge is 0.0870 e. The zero-order chi connectivity index (χ0) is 10.7. The van der Waals surface area contributed by atoms with Gasteiger partial charge in [0, 0.05) is 18.2 Å². The molecule has 2 aliphatic heterocycles. The summed E-state index contributed by atoms with van der Waals surface area (Å²) in [4.78, 5) is 0. The third-order valence-electron chi connectivity index (χ3n) is 3.49. The molecule has 15 heavy (non-hydrogen) atoms. The van der Waals surface area contributed by atoms with Crippen molar-refractivity contribution in [3.63, 3.8) is 0 Å². The zero-order valence-electron chi connectivity index (χ0n) is 9.84. The van der Waals surface area contributed by atoms with Gasteiger partial charge in [-0.25, -0.2) is 0 Å². The molecule has 0 fully saturated rings. The lowest BCUT2D eigenvalue weighted by Gasteiger charge is -2.23. The summed E-state index contributed by atoms with van der Waals surface area (Å²) in [6.07, 6.45) is 10.2. The maximum atomic E-state index is 3.62. The minimum Gasteiger partial charge on any atom is -0.372 e. The molecule has 0 aromatic carbocycles. The summed E-state index contributed by atoms with van der Waals surface area (Å²) < 4.78 is 0. The van der Waals surface area contributed by atoms with Gasteiger partial charge in [0.2, 0.25) is 0 Å². The van der Waals surface area contributed by atoms with Gasteiger partial charge < -0.3 is 5.32 Å². The zero-order valence-corrected chi connectivity index (χ0v) is 9.84. The fourth-order valence-electron chi connectivity index (χ4n) is 2.51. The fraction of sp³-hybridized carbons (Fsp3) is 0.692. The van der Waals surface area contributed by atoms with Crippen LogP contribution in [0.25, 0.3) is 0 Å². The predicted molar refractivity (Wildman–Crippen MR) is 64.4 cm³/mol. The second-order valence-electron chi connectivity index (χ2n) is 4.60. The number of unbranched alkanes of at least 4 members (excludes halogenated alkanes) is 2. The van der Waals surface area contributed by atoms with E-state index in [0.29, 0.717) is 12.1 Å². The van der Waals surface area contributed by atoms with Crippen molar-refractivity contribution in [2.24, 2.45) is 5.92 Å². The van der Waals surface area contributed by atoms with Crippen LogP contribution in [-0.2, 0) is 0 Å². The molecule has 0 amide bonds. The molecule has 2 nitrogen and oxygen atoms in total. The third-order valence-corrected chi connectivity index (χ3v) is 3.49. The van der Waals surface area contributed by atoms with Crippen molar-refractivity contribution < 1.29 is 0 Å². The Balaban J connectivity index is 1.95. The van der Waals surface area contributed by atoms with Crippen molar-refractivity contribution in [2.75, 3.05) is 6.54 Å². The molecule has 0 aromatic heterocycles. The first-order valence-corrected chi connectivity index (χ1v) is 6.19. The highest BCUT2D eigenvalue weighted by Gasteiger charge is 2.30. The van der Waals surface area contributed by atoms with E-state index in [2.05, 4.69) is 36.6 Å². The topological polar surface area (TPSA) is 24.1 Å². The van der Waals surface area contributed by atoms with Crippen LogP contribution in [0.5, 0.6) is 0 Å². The van der Waals surface area contributed by atoms with Crippen LogP contribution in [0, 0.1) is 5.92 Å². The van der Waals surface area contributed by atoms with Crippen molar-refractivity contribution >= 4 is 0 Å². The third kappa shape index (κ3) is 2.25. The summed E-state index contributed by atoms with van der Waals surface area (Å²) >= 11 is 0. The number of hydrogen-bond acceptors (Lipinski definition) is 2. The van der Waals surface area contributed by atoms with Crippen LogP contribution in [-0.4, -0.2) is 12.7 Å². The SMILES string of the molecule is CCCCCC1=C(C)C2C=CCNC2N1. The first-order valence-electron chi connectivity index (χ1n) is 6.19. The molecule has 2 aliphatic rings. The van der Waals surface area contributed by atoms with E-state index in [9.17, 15) is 0 Å². The Bertz CT molecular complexity index is 278. The average molecular weight is 206 g/mol. The standard InChI is InChI=1S/C13H22N2/c1-3-4-5-8-12-10(2)11-7-6-9-14-13(11)15-12/h6-7,11,13-15H,3-5,8-9H2,1-2H3. The maximum Gasteiger partial charge on any atom is 0.0870 e. The van der Waals surface area contributed by atoms with Crippen LogP contribution in [0.1, 0.15) is 39.5 Å². The van der Waals surface area contributed by atoms with Crippen molar-refractivity contribution in [2.45, 2.75) is 45.7 Å². The highest BCUT2D eigenvalue weighted by molar-refractivity contribution is 5.28. The first kappa shape index (κ1) is 10.7. The second kappa shape index (κ2) is 4.84. The van der Waals surface area contributed by atoms with Gasteiger partial charge >= 0.3 is 0 Å². The lowest BCUT2D eigenvalue weighted by atomic mass is 9.96. The van der Waals surface area contributed by atoms with Crippen LogP contribution in [0.2, 0.25) is 0 Å². The lowest BCUT2D eigenvalue weighted by molar-refractivity contribution is 0.431. The second-order valence-corrected chi connectivity index (χ2v) is 4.60. The fourth-order valence-corrected chi connectivity index (χ4v) is 2.51. The molecule has 0 spiro atoms. The molecule has 2 atom stereocenters. The molecule has 2 heterocycles. The van der Waals surface area contributed by atoms with E-state index in [4.69, 9.17) is 0 Å². The number of rotatable bonds is 4. The first-order chi connectivity index (χ1) is 7.33. The van der Waals surface area contributed by atoms with E-state index < -0.39 is 0 Å². The Kier molecular flexibility index (Phi) is 3.47. The molecule has 84 valence electrons. The molecule has 2 rings (SSSR count). The van der Waals surface area contributed by atoms with Gasteiger partial charge in [0.15, 0.2) is 0 Å². The van der Waals surface area contributed by atoms with Gasteiger partial charge in [-0.1, -0.05) is 31.9 Å². The largest absolute Gasteiger partial charge is 0.372 e. The summed E-state index contributed by atoms with van der Waals surface area (Å²) in [6, 6.07) is 0. The van der Waals surface area contributed by atoms with E-state index in [0.717, 1.165) is 6.54 Å². The lowest BCUT2D eigenvalue weighted by Crippen LogP contribution is -2.44. The molecular formula is C13H22N2. The van der Waals surface area contributed by atoms with E-state index in [1.807, 2.05) is 0 Å². The Morgan fingerprint density at radius 3 is 3.00 bits per heavy atom. The number of fused-ring (bicyclic) bond motifs is 1. The maximum absolute atomic E-state index is 3.62. The Hall–Kier alpha value is -0.760. The van der Waals surface area contributed by atoms with Crippen molar-refractivity contribution in [3.8, 4) is 0 Å². The van der Waals surface area contributed by atoms with Crippen molar-refractivity contribution in [1.82, 2.24) is 10.6 Å². The normalized spacial score (nSPS) is 29.2. The highest BCUT2D eigenvalue weighted by atomic mass is 15.2. The number of allylic oxidation sites excluding steroid dienone is 1. The molecule has 2 N–H and O–H groups in total. The van der Waals surface area contributed by atoms with Crippen molar-refractivity contribution in [3.05, 3.63) is 23.4 Å². The summed E-state index contributed by atoms with van der Waals surface area (Å²) in [5.41, 5.74) is 3.03. The number of hydrogen-bond donors (Lipinski definition) is 2. The molecule has 0 aromatic rings. The molecular weight excluding hydrogens is 184 g/mol. The molecule has 0 aliphatic carbocycles. The van der Waals surface area contributed by atoms with Gasteiger partial charge in [-0.3, -0.25) is 5.32 Å². The van der Waals surface area contributed by atoms with E-state index in [1.54, 1.807) is 5.57 Å². The van der Waals surface area contributed by atoms with Gasteiger partial charge in [0.25, 0.3) is 0 Å². The quantitative estimate of drug-likeness (QED) is 0.545. The van der Waals surface area contributed by atoms with Crippen LogP contribution < -0.4 is 10.6 Å². The molecule has 0 saturated carbocycles. The molecule has 0 radical (unpaired) electrons. The Labute approximate surface area is 92.8 Å². The summed E-state index contributed by atoms with van der Waals surface area (Å²) in [6.45, 7) is 5.54. The van der Waals surface area contributed by atoms with Crippen LogP contribution >= 0.6 is 0 Å². The highest BCUT2D eigenvalue weighted by Crippen LogP contribution is 2.29. The van der Waals surface area contributed by atoms with E-state index in [1.165, 1.54) is 31.4 Å². The molecule has 2 heteroatoms. The number of nitrogens with one attached hydrogen (secondary N) is 2. The Morgan fingerprint density at radius 2 is 2.27 bits per heavy atom. The Morgan fingerprint density at radius 1 is 1.40 bits per heavy atom. The van der Waals surface area contributed by atoms with Crippen LogP contribution in [0.3, 0.4) is 0 Å². The molecule has 0 saturated heterocycles. The molecule has 2 unspecified atom stereocenters. The van der Waals surface area contributed by atoms with Crippen molar-refractivity contribution in [1.29, 1.82) is 0 Å². The van der Waals surface area contributed by atoms with Gasteiger partial charge in [-0.2, -0.15) is 0 Å². The predicted octanol–water partition coefficient (Wildman–Crippen LogP) is 2.55. The van der Waals surface area contributed by atoms with E-state index >= 15 is 0 Å². The van der Waals surface area contributed by atoms with E-state index in [-0.39, 0.29) is 0 Å². The summed E-state index contributed by atoms with van der Waals surface area (Å²) in [5, 5.41) is 7.11.